The van der Waals surface area contributed by atoms with E-state index in [0.29, 0.717) is 18.9 Å². The number of aromatic nitrogens is 1. The van der Waals surface area contributed by atoms with Gasteiger partial charge in [0.25, 0.3) is 0 Å². The van der Waals surface area contributed by atoms with Gasteiger partial charge >= 0.3 is 12.2 Å². The topological polar surface area (TPSA) is 63.2 Å². The molecule has 5 nitrogen and oxygen atoms in total. The summed E-state index contributed by atoms with van der Waals surface area (Å²) >= 11 is 0. The largest absolute Gasteiger partial charge is 0.408 e. The third kappa shape index (κ3) is 4.84. The van der Waals surface area contributed by atoms with Gasteiger partial charge in [-0.1, -0.05) is 12.5 Å². The van der Waals surface area contributed by atoms with Crippen molar-refractivity contribution in [3.05, 3.63) is 23.9 Å². The van der Waals surface area contributed by atoms with Gasteiger partial charge in [0.15, 0.2) is 0 Å². The van der Waals surface area contributed by atoms with Crippen LogP contribution in [0.4, 0.5) is 23.8 Å². The van der Waals surface area contributed by atoms with Gasteiger partial charge in [0.2, 0.25) is 0 Å². The standard InChI is InChI=1S/C17H22F3N3O2/c18-17(19,20)14(9-13-5-2-8-25-13)22-16(24)23-15-7-6-12(10-21-15)11-3-1-4-11/h6-7,10-11,13-14H,1-5,8-9H2,(H2,21,22,23,24). The van der Waals surface area contributed by atoms with E-state index in [1.807, 2.05) is 11.4 Å². The van der Waals surface area contributed by atoms with Crippen LogP contribution in [0.2, 0.25) is 0 Å². The van der Waals surface area contributed by atoms with E-state index in [2.05, 4.69) is 10.3 Å². The molecule has 8 heteroatoms. The molecule has 3 rings (SSSR count). The fourth-order valence-corrected chi connectivity index (χ4v) is 3.14. The maximum atomic E-state index is 13.1. The molecule has 0 radical (unpaired) electrons. The summed E-state index contributed by atoms with van der Waals surface area (Å²) in [6, 6.07) is 0.629. The summed E-state index contributed by atoms with van der Waals surface area (Å²) in [5, 5.41) is 4.37. The van der Waals surface area contributed by atoms with Crippen LogP contribution in [0.15, 0.2) is 18.3 Å². The van der Waals surface area contributed by atoms with Gasteiger partial charge in [0.1, 0.15) is 11.9 Å². The van der Waals surface area contributed by atoms with Crippen molar-refractivity contribution < 1.29 is 22.7 Å². The number of carbonyl (C=O) groups excluding carboxylic acids is 1. The Morgan fingerprint density at radius 3 is 2.60 bits per heavy atom. The van der Waals surface area contributed by atoms with Crippen molar-refractivity contribution in [2.45, 2.75) is 62.8 Å². The molecule has 2 fully saturated rings. The van der Waals surface area contributed by atoms with Crippen molar-refractivity contribution in [3.63, 3.8) is 0 Å². The summed E-state index contributed by atoms with van der Waals surface area (Å²) in [4.78, 5) is 16.0. The first-order valence-corrected chi connectivity index (χ1v) is 8.63. The van der Waals surface area contributed by atoms with Crippen LogP contribution in [0.3, 0.4) is 0 Å². The van der Waals surface area contributed by atoms with Crippen LogP contribution in [-0.4, -0.2) is 35.9 Å². The maximum Gasteiger partial charge on any atom is 0.408 e. The fourth-order valence-electron chi connectivity index (χ4n) is 3.14. The Morgan fingerprint density at radius 2 is 2.08 bits per heavy atom. The molecule has 0 bridgehead atoms. The first-order chi connectivity index (χ1) is 11.9. The van der Waals surface area contributed by atoms with E-state index in [4.69, 9.17) is 4.74 Å². The molecule has 1 aromatic rings. The second-order valence-electron chi connectivity index (χ2n) is 6.67. The zero-order chi connectivity index (χ0) is 17.9. The average Bonchev–Trinajstić information content (AvgIpc) is 2.99. The van der Waals surface area contributed by atoms with Gasteiger partial charge in [0, 0.05) is 19.2 Å². The van der Waals surface area contributed by atoms with Crippen LogP contribution in [-0.2, 0) is 4.74 Å². The quantitative estimate of drug-likeness (QED) is 0.838. The van der Waals surface area contributed by atoms with Crippen molar-refractivity contribution >= 4 is 11.8 Å². The minimum Gasteiger partial charge on any atom is -0.378 e. The summed E-state index contributed by atoms with van der Waals surface area (Å²) < 4.78 is 44.7. The zero-order valence-corrected chi connectivity index (χ0v) is 13.8. The number of hydrogen-bond donors (Lipinski definition) is 2. The van der Waals surface area contributed by atoms with Gasteiger partial charge in [0.05, 0.1) is 6.10 Å². The molecule has 1 saturated heterocycles. The van der Waals surface area contributed by atoms with Gasteiger partial charge < -0.3 is 10.1 Å². The molecule has 2 aliphatic rings. The number of halogens is 3. The SMILES string of the molecule is O=C(Nc1ccc(C2CCC2)cn1)NC(CC1CCCO1)C(F)(F)F. The van der Waals surface area contributed by atoms with E-state index < -0.39 is 24.4 Å². The number of ether oxygens (including phenoxy) is 1. The highest BCUT2D eigenvalue weighted by Crippen LogP contribution is 2.36. The van der Waals surface area contributed by atoms with Gasteiger partial charge in [-0.15, -0.1) is 0 Å². The molecule has 1 aliphatic heterocycles. The van der Waals surface area contributed by atoms with E-state index in [0.717, 1.165) is 24.8 Å². The Bertz CT molecular complexity index is 582. The lowest BCUT2D eigenvalue weighted by atomic mass is 9.81. The number of rotatable bonds is 5. The lowest BCUT2D eigenvalue weighted by molar-refractivity contribution is -0.159. The number of amides is 2. The van der Waals surface area contributed by atoms with Gasteiger partial charge in [-0.3, -0.25) is 5.32 Å². The highest BCUT2D eigenvalue weighted by Gasteiger charge is 2.42. The Labute approximate surface area is 144 Å². The molecule has 2 atom stereocenters. The lowest BCUT2D eigenvalue weighted by Crippen LogP contribution is -2.48. The Hall–Kier alpha value is -1.83. The number of alkyl halides is 3. The smallest absolute Gasteiger partial charge is 0.378 e. The van der Waals surface area contributed by atoms with Crippen LogP contribution >= 0.6 is 0 Å². The van der Waals surface area contributed by atoms with E-state index >= 15 is 0 Å². The molecule has 1 aromatic heterocycles. The first-order valence-electron chi connectivity index (χ1n) is 8.63. The number of anilines is 1. The van der Waals surface area contributed by atoms with E-state index in [9.17, 15) is 18.0 Å². The first kappa shape index (κ1) is 18.0. The summed E-state index contributed by atoms with van der Waals surface area (Å²) in [6.07, 6.45) is 1.21. The highest BCUT2D eigenvalue weighted by molar-refractivity contribution is 5.88. The van der Waals surface area contributed by atoms with Crippen LogP contribution in [0, 0.1) is 0 Å². The van der Waals surface area contributed by atoms with Crippen molar-refractivity contribution in [3.8, 4) is 0 Å². The van der Waals surface area contributed by atoms with Crippen LogP contribution in [0.5, 0.6) is 0 Å². The van der Waals surface area contributed by atoms with Gasteiger partial charge in [-0.2, -0.15) is 13.2 Å². The monoisotopic (exact) mass is 357 g/mol. The second-order valence-corrected chi connectivity index (χ2v) is 6.67. The molecule has 1 aliphatic carbocycles. The number of urea groups is 1. The maximum absolute atomic E-state index is 13.1. The Morgan fingerprint density at radius 1 is 1.28 bits per heavy atom. The Balaban J connectivity index is 1.55. The predicted octanol–water partition coefficient (Wildman–Crippen LogP) is 3.97. The van der Waals surface area contributed by atoms with Crippen LogP contribution in [0.1, 0.15) is 50.0 Å². The summed E-state index contributed by atoms with van der Waals surface area (Å²) in [5.41, 5.74) is 1.10. The molecule has 0 aromatic carbocycles. The van der Waals surface area contributed by atoms with Crippen molar-refractivity contribution in [1.29, 1.82) is 0 Å². The number of nitrogens with one attached hydrogen (secondary N) is 2. The second kappa shape index (κ2) is 7.59. The summed E-state index contributed by atoms with van der Waals surface area (Å²) in [7, 11) is 0. The van der Waals surface area contributed by atoms with E-state index in [1.54, 1.807) is 12.3 Å². The molecular weight excluding hydrogens is 335 g/mol. The Kier molecular flexibility index (Phi) is 5.46. The molecular formula is C17H22F3N3O2. The number of carbonyl (C=O) groups is 1. The molecule has 2 N–H and O–H groups in total. The summed E-state index contributed by atoms with van der Waals surface area (Å²) in [5.74, 6) is 0.745. The van der Waals surface area contributed by atoms with E-state index in [-0.39, 0.29) is 12.2 Å². The summed E-state index contributed by atoms with van der Waals surface area (Å²) in [6.45, 7) is 0.471. The number of nitrogens with zero attached hydrogens (tertiary/aromatic N) is 1. The van der Waals surface area contributed by atoms with Crippen molar-refractivity contribution in [2.24, 2.45) is 0 Å². The predicted molar refractivity (Wildman–Crippen MR) is 86.4 cm³/mol. The van der Waals surface area contributed by atoms with Crippen molar-refractivity contribution in [2.75, 3.05) is 11.9 Å². The molecule has 25 heavy (non-hydrogen) atoms. The molecule has 2 amide bonds. The third-order valence-corrected chi connectivity index (χ3v) is 4.83. The highest BCUT2D eigenvalue weighted by atomic mass is 19.4. The zero-order valence-electron chi connectivity index (χ0n) is 13.8. The minimum absolute atomic E-state index is 0.235. The van der Waals surface area contributed by atoms with Gasteiger partial charge in [-0.05, 0) is 43.2 Å². The average molecular weight is 357 g/mol. The third-order valence-electron chi connectivity index (χ3n) is 4.83. The molecule has 1 saturated carbocycles. The number of hydrogen-bond acceptors (Lipinski definition) is 3. The normalized spacial score (nSPS) is 22.3. The molecule has 138 valence electrons. The van der Waals surface area contributed by atoms with Crippen molar-refractivity contribution in [1.82, 2.24) is 10.3 Å². The minimum atomic E-state index is -4.52. The number of pyridine rings is 1. The van der Waals surface area contributed by atoms with Gasteiger partial charge in [-0.25, -0.2) is 9.78 Å². The lowest BCUT2D eigenvalue weighted by Gasteiger charge is -2.25. The molecule has 2 unspecified atom stereocenters. The van der Waals surface area contributed by atoms with Crippen LogP contribution in [0.25, 0.3) is 0 Å². The molecule has 2 heterocycles. The van der Waals surface area contributed by atoms with Crippen LogP contribution < -0.4 is 10.6 Å². The molecule has 0 spiro atoms. The fraction of sp³-hybridized carbons (Fsp3) is 0.647. The van der Waals surface area contributed by atoms with E-state index in [1.165, 1.54) is 6.42 Å².